The summed E-state index contributed by atoms with van der Waals surface area (Å²) in [7, 11) is 0. The minimum atomic E-state index is 0.356. The van der Waals surface area contributed by atoms with E-state index in [2.05, 4.69) is 29.4 Å². The zero-order valence-electron chi connectivity index (χ0n) is 11.9. The van der Waals surface area contributed by atoms with Crippen LogP contribution in [0.15, 0.2) is 12.3 Å². The monoisotopic (exact) mass is 280 g/mol. The van der Waals surface area contributed by atoms with Gasteiger partial charge in [-0.05, 0) is 18.4 Å². The Morgan fingerprint density at radius 1 is 1.32 bits per heavy atom. The number of anilines is 1. The summed E-state index contributed by atoms with van der Waals surface area (Å²) in [6.45, 7) is 5.43. The van der Waals surface area contributed by atoms with E-state index in [0.29, 0.717) is 10.8 Å². The fourth-order valence-electron chi connectivity index (χ4n) is 1.90. The summed E-state index contributed by atoms with van der Waals surface area (Å²) in [6, 6.07) is 1.79. The molecule has 1 aromatic rings. The van der Waals surface area contributed by atoms with Gasteiger partial charge in [0, 0.05) is 6.54 Å². The van der Waals surface area contributed by atoms with Crippen LogP contribution in [-0.4, -0.2) is 21.7 Å². The third-order valence-electron chi connectivity index (χ3n) is 2.99. The van der Waals surface area contributed by atoms with Gasteiger partial charge in [-0.2, -0.15) is 5.10 Å². The van der Waals surface area contributed by atoms with Gasteiger partial charge in [0.2, 0.25) is 0 Å². The van der Waals surface area contributed by atoms with Crippen LogP contribution >= 0.6 is 12.2 Å². The Kier molecular flexibility index (Phi) is 7.33. The maximum absolute atomic E-state index is 5.64. The first kappa shape index (κ1) is 15.8. The molecule has 0 aliphatic carbocycles. The number of hydrogen-bond donors (Lipinski definition) is 2. The second-order valence-electron chi connectivity index (χ2n) is 5.18. The molecule has 3 N–H and O–H groups in total. The Hall–Kier alpha value is -1.23. The lowest BCUT2D eigenvalue weighted by Crippen LogP contribution is -2.15. The van der Waals surface area contributed by atoms with E-state index in [1.807, 2.05) is 0 Å². The predicted molar refractivity (Wildman–Crippen MR) is 84.3 cm³/mol. The van der Waals surface area contributed by atoms with Gasteiger partial charge in [-0.3, -0.25) is 0 Å². The zero-order chi connectivity index (χ0) is 14.1. The van der Waals surface area contributed by atoms with Gasteiger partial charge >= 0.3 is 0 Å². The maximum atomic E-state index is 5.64. The highest BCUT2D eigenvalue weighted by molar-refractivity contribution is 7.80. The Balaban J connectivity index is 2.21. The molecule has 1 aromatic heterocycles. The minimum Gasteiger partial charge on any atom is -0.389 e. The van der Waals surface area contributed by atoms with Crippen LogP contribution in [0.3, 0.4) is 0 Å². The van der Waals surface area contributed by atoms with Crippen molar-refractivity contribution in [2.24, 2.45) is 11.7 Å². The molecule has 4 nitrogen and oxygen atoms in total. The molecular weight excluding hydrogens is 256 g/mol. The van der Waals surface area contributed by atoms with E-state index in [4.69, 9.17) is 18.0 Å². The van der Waals surface area contributed by atoms with Crippen molar-refractivity contribution in [3.63, 3.8) is 0 Å². The normalized spacial score (nSPS) is 10.7. The quantitative estimate of drug-likeness (QED) is 0.537. The molecule has 0 spiro atoms. The van der Waals surface area contributed by atoms with Gasteiger partial charge < -0.3 is 11.1 Å². The number of thiocarbonyl (C=S) groups is 1. The van der Waals surface area contributed by atoms with Crippen LogP contribution in [-0.2, 0) is 0 Å². The minimum absolute atomic E-state index is 0.356. The lowest BCUT2D eigenvalue weighted by molar-refractivity contribution is 0.523. The smallest absolute Gasteiger partial charge is 0.158 e. The first-order chi connectivity index (χ1) is 9.11. The molecule has 19 heavy (non-hydrogen) atoms. The first-order valence-corrected chi connectivity index (χ1v) is 7.37. The summed E-state index contributed by atoms with van der Waals surface area (Å²) in [5.41, 5.74) is 6.40. The molecule has 0 amide bonds. The van der Waals surface area contributed by atoms with E-state index < -0.39 is 0 Å². The number of nitrogens with two attached hydrogens (primary N) is 1. The van der Waals surface area contributed by atoms with E-state index in [-0.39, 0.29) is 0 Å². The SMILES string of the molecule is CC(C)CCCCCCNc1nnccc1C(N)=S. The fraction of sp³-hybridized carbons (Fsp3) is 0.643. The third-order valence-corrected chi connectivity index (χ3v) is 3.21. The van der Waals surface area contributed by atoms with Crippen LogP contribution in [0.25, 0.3) is 0 Å². The largest absolute Gasteiger partial charge is 0.389 e. The molecule has 0 atom stereocenters. The van der Waals surface area contributed by atoms with Gasteiger partial charge in [-0.15, -0.1) is 5.10 Å². The molecule has 0 saturated carbocycles. The summed E-state index contributed by atoms with van der Waals surface area (Å²) < 4.78 is 0. The summed E-state index contributed by atoms with van der Waals surface area (Å²) in [5, 5.41) is 11.1. The molecule has 1 heterocycles. The van der Waals surface area contributed by atoms with Gasteiger partial charge in [0.05, 0.1) is 11.8 Å². The lowest BCUT2D eigenvalue weighted by Gasteiger charge is -2.09. The Labute approximate surface area is 121 Å². The molecule has 0 bridgehead atoms. The molecule has 0 aliphatic heterocycles. The molecule has 0 aromatic carbocycles. The van der Waals surface area contributed by atoms with E-state index in [0.717, 1.165) is 24.4 Å². The summed E-state index contributed by atoms with van der Waals surface area (Å²) in [4.78, 5) is 0.356. The lowest BCUT2D eigenvalue weighted by atomic mass is 10.0. The fourth-order valence-corrected chi connectivity index (χ4v) is 2.06. The van der Waals surface area contributed by atoms with Crippen LogP contribution in [0.4, 0.5) is 5.82 Å². The van der Waals surface area contributed by atoms with Crippen molar-refractivity contribution in [3.05, 3.63) is 17.8 Å². The van der Waals surface area contributed by atoms with Crippen LogP contribution < -0.4 is 11.1 Å². The molecular formula is C14H24N4S. The van der Waals surface area contributed by atoms with Crippen molar-refractivity contribution in [2.45, 2.75) is 46.0 Å². The molecule has 0 radical (unpaired) electrons. The molecule has 0 saturated heterocycles. The second-order valence-corrected chi connectivity index (χ2v) is 5.62. The average Bonchev–Trinajstić information content (AvgIpc) is 2.37. The third kappa shape index (κ3) is 6.47. The van der Waals surface area contributed by atoms with Crippen LogP contribution in [0, 0.1) is 5.92 Å². The van der Waals surface area contributed by atoms with Gasteiger partial charge in [0.15, 0.2) is 5.82 Å². The number of rotatable bonds is 9. The van der Waals surface area contributed by atoms with Crippen LogP contribution in [0.2, 0.25) is 0 Å². The van der Waals surface area contributed by atoms with Crippen molar-refractivity contribution >= 4 is 23.0 Å². The van der Waals surface area contributed by atoms with Crippen molar-refractivity contribution in [2.75, 3.05) is 11.9 Å². The molecule has 106 valence electrons. The van der Waals surface area contributed by atoms with Gasteiger partial charge in [-0.25, -0.2) is 0 Å². The van der Waals surface area contributed by atoms with Gasteiger partial charge in [-0.1, -0.05) is 51.7 Å². The molecule has 5 heteroatoms. The maximum Gasteiger partial charge on any atom is 0.158 e. The Morgan fingerprint density at radius 2 is 2.05 bits per heavy atom. The number of aromatic nitrogens is 2. The van der Waals surface area contributed by atoms with E-state index >= 15 is 0 Å². The molecule has 0 aliphatic rings. The van der Waals surface area contributed by atoms with Gasteiger partial charge in [0.25, 0.3) is 0 Å². The topological polar surface area (TPSA) is 63.8 Å². The van der Waals surface area contributed by atoms with Crippen molar-refractivity contribution in [1.82, 2.24) is 10.2 Å². The number of unbranched alkanes of at least 4 members (excludes halogenated alkanes) is 3. The predicted octanol–water partition coefficient (Wildman–Crippen LogP) is 3.13. The number of nitrogens with zero attached hydrogens (tertiary/aromatic N) is 2. The number of hydrogen-bond acceptors (Lipinski definition) is 4. The zero-order valence-corrected chi connectivity index (χ0v) is 12.7. The standard InChI is InChI=1S/C14H24N4S/c1-11(2)7-5-3-4-6-9-16-14-12(13(15)19)8-10-17-18-14/h8,10-11H,3-7,9H2,1-2H3,(H2,15,19)(H,16,18). The van der Waals surface area contributed by atoms with E-state index in [1.165, 1.54) is 25.7 Å². The van der Waals surface area contributed by atoms with Crippen molar-refractivity contribution in [3.8, 4) is 0 Å². The highest BCUT2D eigenvalue weighted by Crippen LogP contribution is 2.12. The average molecular weight is 280 g/mol. The van der Waals surface area contributed by atoms with Crippen LogP contribution in [0.5, 0.6) is 0 Å². The molecule has 0 unspecified atom stereocenters. The summed E-state index contributed by atoms with van der Waals surface area (Å²) >= 11 is 4.98. The van der Waals surface area contributed by atoms with Gasteiger partial charge in [0.1, 0.15) is 4.99 Å². The summed E-state index contributed by atoms with van der Waals surface area (Å²) in [5.74, 6) is 1.50. The van der Waals surface area contributed by atoms with Crippen LogP contribution in [0.1, 0.15) is 51.5 Å². The van der Waals surface area contributed by atoms with E-state index in [9.17, 15) is 0 Å². The van der Waals surface area contributed by atoms with E-state index in [1.54, 1.807) is 12.3 Å². The van der Waals surface area contributed by atoms with Crippen molar-refractivity contribution < 1.29 is 0 Å². The summed E-state index contributed by atoms with van der Waals surface area (Å²) in [6.07, 6.45) is 7.91. The Morgan fingerprint density at radius 3 is 2.74 bits per heavy atom. The molecule has 1 rings (SSSR count). The number of nitrogens with one attached hydrogen (secondary N) is 1. The molecule has 0 fully saturated rings. The highest BCUT2D eigenvalue weighted by Gasteiger charge is 2.05. The highest BCUT2D eigenvalue weighted by atomic mass is 32.1. The first-order valence-electron chi connectivity index (χ1n) is 6.96. The van der Waals surface area contributed by atoms with Crippen molar-refractivity contribution in [1.29, 1.82) is 0 Å². The Bertz CT molecular complexity index is 393. The second kappa shape index (κ2) is 8.80.